The third-order valence-corrected chi connectivity index (χ3v) is 3.03. The Hall–Kier alpha value is -1.38. The highest BCUT2D eigenvalue weighted by Crippen LogP contribution is 2.40. The molecule has 16 heavy (non-hydrogen) atoms. The van der Waals surface area contributed by atoms with E-state index >= 15 is 0 Å². The number of rotatable bonds is 2. The molecule has 1 N–H and O–H groups in total. The number of anilines is 1. The minimum Gasteiger partial charge on any atom is -0.497 e. The normalized spacial score (nSPS) is 17.2. The van der Waals surface area contributed by atoms with E-state index in [9.17, 15) is 0 Å². The third kappa shape index (κ3) is 1.94. The first-order valence-corrected chi connectivity index (χ1v) is 5.54. The number of ether oxygens (including phenoxy) is 2. The molecule has 0 bridgehead atoms. The zero-order chi connectivity index (χ0) is 11.8. The SMILES string of the molecule is COc1cc2c(c(OC)c1)NCC(C)(C)C2. The maximum atomic E-state index is 5.38. The van der Waals surface area contributed by atoms with E-state index in [2.05, 4.69) is 25.2 Å². The molecule has 0 amide bonds. The van der Waals surface area contributed by atoms with Crippen LogP contribution in [0.5, 0.6) is 11.5 Å². The van der Waals surface area contributed by atoms with E-state index in [0.717, 1.165) is 30.2 Å². The van der Waals surface area contributed by atoms with Gasteiger partial charge in [0.05, 0.1) is 19.9 Å². The highest BCUT2D eigenvalue weighted by atomic mass is 16.5. The van der Waals surface area contributed by atoms with Gasteiger partial charge in [-0.3, -0.25) is 0 Å². The maximum absolute atomic E-state index is 5.38. The van der Waals surface area contributed by atoms with Gasteiger partial charge in [-0.15, -0.1) is 0 Å². The van der Waals surface area contributed by atoms with Crippen molar-refractivity contribution in [2.45, 2.75) is 20.3 Å². The smallest absolute Gasteiger partial charge is 0.145 e. The molecule has 0 aliphatic carbocycles. The summed E-state index contributed by atoms with van der Waals surface area (Å²) in [6, 6.07) is 4.01. The Kier molecular flexibility index (Phi) is 2.70. The Morgan fingerprint density at radius 3 is 2.56 bits per heavy atom. The molecule has 0 spiro atoms. The molecule has 0 unspecified atom stereocenters. The number of methoxy groups -OCH3 is 2. The molecule has 1 heterocycles. The fraction of sp³-hybridized carbons (Fsp3) is 0.538. The Labute approximate surface area is 96.8 Å². The second-order valence-corrected chi connectivity index (χ2v) is 5.06. The first-order chi connectivity index (χ1) is 7.55. The van der Waals surface area contributed by atoms with E-state index in [1.165, 1.54) is 5.56 Å². The van der Waals surface area contributed by atoms with Crippen LogP contribution in [-0.2, 0) is 6.42 Å². The molecule has 88 valence electrons. The van der Waals surface area contributed by atoms with Crippen LogP contribution in [-0.4, -0.2) is 20.8 Å². The van der Waals surface area contributed by atoms with E-state index in [1.807, 2.05) is 6.07 Å². The van der Waals surface area contributed by atoms with E-state index in [0.29, 0.717) is 0 Å². The van der Waals surface area contributed by atoms with E-state index in [1.54, 1.807) is 14.2 Å². The molecule has 0 radical (unpaired) electrons. The van der Waals surface area contributed by atoms with Crippen LogP contribution in [0.2, 0.25) is 0 Å². The summed E-state index contributed by atoms with van der Waals surface area (Å²) in [7, 11) is 3.37. The van der Waals surface area contributed by atoms with Gasteiger partial charge < -0.3 is 14.8 Å². The molecule has 1 aromatic rings. The highest BCUT2D eigenvalue weighted by Gasteiger charge is 2.27. The minimum absolute atomic E-state index is 0.282. The average molecular weight is 221 g/mol. The number of nitrogens with one attached hydrogen (secondary N) is 1. The number of benzene rings is 1. The summed E-state index contributed by atoms with van der Waals surface area (Å²) in [5.74, 6) is 1.72. The first kappa shape index (κ1) is 11.1. The van der Waals surface area contributed by atoms with Crippen molar-refractivity contribution in [3.05, 3.63) is 17.7 Å². The molecule has 0 aromatic heterocycles. The van der Waals surface area contributed by atoms with Gasteiger partial charge in [-0.1, -0.05) is 13.8 Å². The second-order valence-electron chi connectivity index (χ2n) is 5.06. The largest absolute Gasteiger partial charge is 0.497 e. The van der Waals surface area contributed by atoms with Gasteiger partial charge in [0.2, 0.25) is 0 Å². The van der Waals surface area contributed by atoms with Crippen molar-refractivity contribution in [2.24, 2.45) is 5.41 Å². The van der Waals surface area contributed by atoms with Gasteiger partial charge in [0, 0.05) is 12.6 Å². The lowest BCUT2D eigenvalue weighted by Gasteiger charge is -2.33. The van der Waals surface area contributed by atoms with Gasteiger partial charge in [0.1, 0.15) is 11.5 Å². The molecule has 0 saturated heterocycles. The Morgan fingerprint density at radius 1 is 1.19 bits per heavy atom. The predicted octanol–water partition coefficient (Wildman–Crippen LogP) is 2.70. The van der Waals surface area contributed by atoms with Crippen LogP contribution >= 0.6 is 0 Å². The lowest BCUT2D eigenvalue weighted by molar-refractivity contribution is 0.364. The molecule has 0 fully saturated rings. The van der Waals surface area contributed by atoms with Crippen LogP contribution in [0.4, 0.5) is 5.69 Å². The molecule has 1 aliphatic rings. The molecule has 0 saturated carbocycles. The Balaban J connectivity index is 2.46. The van der Waals surface area contributed by atoms with Gasteiger partial charge in [-0.2, -0.15) is 0 Å². The van der Waals surface area contributed by atoms with Crippen molar-refractivity contribution < 1.29 is 9.47 Å². The fourth-order valence-corrected chi connectivity index (χ4v) is 2.17. The molecule has 1 aromatic carbocycles. The van der Waals surface area contributed by atoms with Crippen LogP contribution in [0.1, 0.15) is 19.4 Å². The number of hydrogen-bond donors (Lipinski definition) is 1. The summed E-state index contributed by atoms with van der Waals surface area (Å²) < 4.78 is 10.7. The molecule has 0 atom stereocenters. The van der Waals surface area contributed by atoms with Crippen molar-refractivity contribution >= 4 is 5.69 Å². The second kappa shape index (κ2) is 3.89. The predicted molar refractivity (Wildman–Crippen MR) is 65.5 cm³/mol. The van der Waals surface area contributed by atoms with Gasteiger partial charge in [-0.05, 0) is 23.5 Å². The van der Waals surface area contributed by atoms with Crippen LogP contribution in [0, 0.1) is 5.41 Å². The Morgan fingerprint density at radius 2 is 1.94 bits per heavy atom. The molecular weight excluding hydrogens is 202 g/mol. The van der Waals surface area contributed by atoms with E-state index < -0.39 is 0 Å². The fourth-order valence-electron chi connectivity index (χ4n) is 2.17. The van der Waals surface area contributed by atoms with Gasteiger partial charge in [0.25, 0.3) is 0 Å². The van der Waals surface area contributed by atoms with Crippen molar-refractivity contribution in [2.75, 3.05) is 26.1 Å². The van der Waals surface area contributed by atoms with Crippen molar-refractivity contribution in [1.29, 1.82) is 0 Å². The summed E-state index contributed by atoms with van der Waals surface area (Å²) in [5, 5.41) is 3.44. The molecule has 3 heteroatoms. The van der Waals surface area contributed by atoms with Gasteiger partial charge >= 0.3 is 0 Å². The summed E-state index contributed by atoms with van der Waals surface area (Å²) in [6.07, 6.45) is 1.04. The summed E-state index contributed by atoms with van der Waals surface area (Å²) in [5.41, 5.74) is 2.67. The first-order valence-electron chi connectivity index (χ1n) is 5.54. The molecule has 1 aliphatic heterocycles. The average Bonchev–Trinajstić information content (AvgIpc) is 2.25. The van der Waals surface area contributed by atoms with Crippen LogP contribution in [0.25, 0.3) is 0 Å². The zero-order valence-corrected chi connectivity index (χ0v) is 10.4. The van der Waals surface area contributed by atoms with Gasteiger partial charge in [0.15, 0.2) is 0 Å². The van der Waals surface area contributed by atoms with Crippen molar-refractivity contribution in [3.63, 3.8) is 0 Å². The Bertz CT molecular complexity index is 399. The van der Waals surface area contributed by atoms with Crippen LogP contribution in [0.15, 0.2) is 12.1 Å². The van der Waals surface area contributed by atoms with E-state index in [4.69, 9.17) is 9.47 Å². The summed E-state index contributed by atoms with van der Waals surface area (Å²) >= 11 is 0. The summed E-state index contributed by atoms with van der Waals surface area (Å²) in [4.78, 5) is 0. The number of fused-ring (bicyclic) bond motifs is 1. The maximum Gasteiger partial charge on any atom is 0.145 e. The lowest BCUT2D eigenvalue weighted by Crippen LogP contribution is -2.30. The zero-order valence-electron chi connectivity index (χ0n) is 10.4. The van der Waals surface area contributed by atoms with Crippen LogP contribution < -0.4 is 14.8 Å². The minimum atomic E-state index is 0.282. The monoisotopic (exact) mass is 221 g/mol. The highest BCUT2D eigenvalue weighted by molar-refractivity contribution is 5.66. The molecular formula is C13H19NO2. The topological polar surface area (TPSA) is 30.5 Å². The quantitative estimate of drug-likeness (QED) is 0.833. The molecule has 2 rings (SSSR count). The summed E-state index contributed by atoms with van der Waals surface area (Å²) in [6.45, 7) is 5.49. The van der Waals surface area contributed by atoms with E-state index in [-0.39, 0.29) is 5.41 Å². The van der Waals surface area contributed by atoms with Crippen LogP contribution in [0.3, 0.4) is 0 Å². The lowest BCUT2D eigenvalue weighted by atomic mass is 9.82. The van der Waals surface area contributed by atoms with Crippen molar-refractivity contribution in [1.82, 2.24) is 0 Å². The van der Waals surface area contributed by atoms with Gasteiger partial charge in [-0.25, -0.2) is 0 Å². The third-order valence-electron chi connectivity index (χ3n) is 3.03. The van der Waals surface area contributed by atoms with Crippen molar-refractivity contribution in [3.8, 4) is 11.5 Å². The molecule has 3 nitrogen and oxygen atoms in total. The number of hydrogen-bond acceptors (Lipinski definition) is 3. The standard InChI is InChI=1S/C13H19NO2/c1-13(2)7-9-5-10(15-3)6-11(16-4)12(9)14-8-13/h5-6,14H,7-8H2,1-4H3.